The summed E-state index contributed by atoms with van der Waals surface area (Å²) in [5.74, 6) is -0.357. The summed E-state index contributed by atoms with van der Waals surface area (Å²) in [5, 5.41) is 0. The Morgan fingerprint density at radius 3 is 2.12 bits per heavy atom. The minimum Gasteiger partial charge on any atom is -0.462 e. The van der Waals surface area contributed by atoms with Crippen LogP contribution >= 0.6 is 0 Å². The van der Waals surface area contributed by atoms with Crippen molar-refractivity contribution in [1.82, 2.24) is 0 Å². The Labute approximate surface area is 105 Å². The molecule has 4 heteroatoms. The highest BCUT2D eigenvalue weighted by Crippen LogP contribution is 2.35. The van der Waals surface area contributed by atoms with Crippen molar-refractivity contribution in [2.75, 3.05) is 25.4 Å². The fraction of sp³-hybridized carbons (Fsp3) is 0.769. The van der Waals surface area contributed by atoms with Crippen LogP contribution in [0.25, 0.3) is 0 Å². The van der Waals surface area contributed by atoms with Gasteiger partial charge in [-0.3, -0.25) is 4.21 Å². The molecule has 0 aromatic heterocycles. The van der Waals surface area contributed by atoms with Crippen molar-refractivity contribution in [3.8, 4) is 0 Å². The topological polar surface area (TPSA) is 43.4 Å². The number of ether oxygens (including phenoxy) is 1. The largest absolute Gasteiger partial charge is 0.462 e. The first kappa shape index (κ1) is 16.4. The molecule has 0 radical (unpaired) electrons. The van der Waals surface area contributed by atoms with Gasteiger partial charge in [0.15, 0.2) is 0 Å². The maximum Gasteiger partial charge on any atom is 0.333 e. The van der Waals surface area contributed by atoms with E-state index in [1.54, 1.807) is 6.92 Å². The second-order valence-electron chi connectivity index (χ2n) is 6.20. The van der Waals surface area contributed by atoms with Crippen LogP contribution in [0.5, 0.6) is 0 Å². The van der Waals surface area contributed by atoms with Gasteiger partial charge in [0.2, 0.25) is 0 Å². The van der Waals surface area contributed by atoms with Crippen LogP contribution in [0.15, 0.2) is 12.2 Å². The normalized spacial score (nSPS) is 14.8. The van der Waals surface area contributed by atoms with E-state index in [1.165, 1.54) is 0 Å². The maximum atomic E-state index is 12.5. The number of carbonyl (C=O) groups excluding carboxylic acids is 1. The van der Waals surface area contributed by atoms with Crippen molar-refractivity contribution in [2.45, 2.75) is 38.4 Å². The zero-order valence-corrected chi connectivity index (χ0v) is 12.8. The van der Waals surface area contributed by atoms with Crippen molar-refractivity contribution in [2.24, 2.45) is 0 Å². The van der Waals surface area contributed by atoms with Crippen molar-refractivity contribution in [3.05, 3.63) is 12.2 Å². The van der Waals surface area contributed by atoms with Crippen LogP contribution in [0.4, 0.5) is 0 Å². The van der Waals surface area contributed by atoms with Gasteiger partial charge in [0.05, 0.1) is 6.61 Å². The van der Waals surface area contributed by atoms with Gasteiger partial charge < -0.3 is 4.74 Å². The summed E-state index contributed by atoms with van der Waals surface area (Å²) in [7, 11) is -2.61. The number of hydrogen-bond donors (Lipinski definition) is 0. The summed E-state index contributed by atoms with van der Waals surface area (Å²) in [5.41, 5.74) is 0.410. The quantitative estimate of drug-likeness (QED) is 0.419. The van der Waals surface area contributed by atoms with E-state index in [-0.39, 0.29) is 10.7 Å². The van der Waals surface area contributed by atoms with E-state index < -0.39 is 9.07 Å². The third-order valence-corrected chi connectivity index (χ3v) is 7.36. The molecule has 0 unspecified atom stereocenters. The zero-order chi connectivity index (χ0) is 13.9. The first-order valence-electron chi connectivity index (χ1n) is 5.75. The summed E-state index contributed by atoms with van der Waals surface area (Å²) in [6, 6.07) is 0. The molecule has 0 saturated heterocycles. The molecule has 0 bridgehead atoms. The van der Waals surface area contributed by atoms with Crippen LogP contribution < -0.4 is 0 Å². The number of rotatable bonds is 6. The summed E-state index contributed by atoms with van der Waals surface area (Å²) >= 11 is 0. The third-order valence-electron chi connectivity index (χ3n) is 3.39. The second kappa shape index (κ2) is 4.92. The van der Waals surface area contributed by atoms with Crippen LogP contribution in [0.2, 0.25) is 0 Å². The highest BCUT2D eigenvalue weighted by molar-refractivity contribution is 8.19. The minimum absolute atomic E-state index is 0.257. The molecule has 0 fully saturated rings. The summed E-state index contributed by atoms with van der Waals surface area (Å²) in [6.07, 6.45) is 6.94. The first-order valence-corrected chi connectivity index (χ1v) is 8.94. The highest BCUT2D eigenvalue weighted by Gasteiger charge is 2.38. The van der Waals surface area contributed by atoms with Crippen LogP contribution in [0.1, 0.15) is 33.6 Å². The molecule has 0 N–H and O–H groups in total. The average Bonchev–Trinajstić information content (AvgIpc) is 2.08. The Kier molecular flexibility index (Phi) is 4.74. The molecule has 17 heavy (non-hydrogen) atoms. The molecule has 0 atom stereocenters. The Morgan fingerprint density at radius 1 is 1.29 bits per heavy atom. The van der Waals surface area contributed by atoms with E-state index in [0.717, 1.165) is 12.8 Å². The maximum absolute atomic E-state index is 12.5. The Hall–Kier alpha value is -0.640. The van der Waals surface area contributed by atoms with Gasteiger partial charge in [0.1, 0.15) is 0 Å². The SMILES string of the molecule is C=C(C)C(=O)OCCCC(C)(C)S(C)(C)(C)=O. The lowest BCUT2D eigenvalue weighted by molar-refractivity contribution is -0.139. The lowest BCUT2D eigenvalue weighted by atomic mass is 10.1. The third kappa shape index (κ3) is 5.02. The standard InChI is InChI=1S/C13H26O3S/c1-11(2)12(14)16-10-8-9-13(3,4)17(5,6,7)15/h1,8-10H2,2-7H3. The van der Waals surface area contributed by atoms with Gasteiger partial charge in [-0.25, -0.2) is 4.79 Å². The molecule has 0 aliphatic rings. The van der Waals surface area contributed by atoms with E-state index >= 15 is 0 Å². The van der Waals surface area contributed by atoms with Crippen molar-refractivity contribution in [3.63, 3.8) is 0 Å². The van der Waals surface area contributed by atoms with Crippen LogP contribution in [0.3, 0.4) is 0 Å². The average molecular weight is 262 g/mol. The van der Waals surface area contributed by atoms with Crippen molar-refractivity contribution in [1.29, 1.82) is 0 Å². The van der Waals surface area contributed by atoms with Gasteiger partial charge in [-0.1, -0.05) is 15.6 Å². The molecule has 0 rings (SSSR count). The summed E-state index contributed by atoms with van der Waals surface area (Å²) in [6.45, 7) is 9.50. The van der Waals surface area contributed by atoms with Crippen LogP contribution in [-0.4, -0.2) is 40.3 Å². The number of carbonyl (C=O) groups is 1. The molecular weight excluding hydrogens is 236 g/mol. The van der Waals surface area contributed by atoms with Crippen LogP contribution in [0, 0.1) is 0 Å². The van der Waals surface area contributed by atoms with Crippen molar-refractivity contribution >= 4 is 15.0 Å². The zero-order valence-electron chi connectivity index (χ0n) is 12.0. The smallest absolute Gasteiger partial charge is 0.333 e. The van der Waals surface area contributed by atoms with Gasteiger partial charge in [-0.15, -0.1) is 0 Å². The lowest BCUT2D eigenvalue weighted by Crippen LogP contribution is -2.49. The van der Waals surface area contributed by atoms with E-state index in [1.807, 2.05) is 32.6 Å². The molecule has 0 spiro atoms. The Morgan fingerprint density at radius 2 is 1.76 bits per heavy atom. The molecule has 0 aliphatic heterocycles. The van der Waals surface area contributed by atoms with Crippen LogP contribution in [-0.2, 0) is 18.6 Å². The fourth-order valence-electron chi connectivity index (χ4n) is 1.13. The number of hydrogen-bond acceptors (Lipinski definition) is 3. The molecule has 0 aliphatic carbocycles. The highest BCUT2D eigenvalue weighted by atomic mass is 32.3. The van der Waals surface area contributed by atoms with E-state index in [4.69, 9.17) is 4.74 Å². The summed E-state index contributed by atoms with van der Waals surface area (Å²) in [4.78, 5) is 11.2. The monoisotopic (exact) mass is 262 g/mol. The minimum atomic E-state index is -2.61. The van der Waals surface area contributed by atoms with E-state index in [9.17, 15) is 9.00 Å². The molecular formula is C13H26O3S. The molecule has 0 aromatic rings. The van der Waals surface area contributed by atoms with Gasteiger partial charge in [0.25, 0.3) is 0 Å². The molecule has 0 amide bonds. The Balaban J connectivity index is 4.20. The molecule has 0 saturated carbocycles. The predicted octanol–water partition coefficient (Wildman–Crippen LogP) is 2.37. The second-order valence-corrected chi connectivity index (χ2v) is 12.1. The van der Waals surface area contributed by atoms with E-state index in [0.29, 0.717) is 12.2 Å². The molecule has 3 nitrogen and oxygen atoms in total. The Bertz CT molecular complexity index is 363. The van der Waals surface area contributed by atoms with Gasteiger partial charge in [0, 0.05) is 10.3 Å². The van der Waals surface area contributed by atoms with Gasteiger partial charge >= 0.3 is 5.97 Å². The summed E-state index contributed by atoms with van der Waals surface area (Å²) < 4.78 is 17.3. The van der Waals surface area contributed by atoms with Gasteiger partial charge in [-0.2, -0.15) is 0 Å². The van der Waals surface area contributed by atoms with Crippen molar-refractivity contribution < 1.29 is 13.7 Å². The lowest BCUT2D eigenvalue weighted by Gasteiger charge is -2.45. The molecule has 0 heterocycles. The van der Waals surface area contributed by atoms with E-state index in [2.05, 4.69) is 6.58 Å². The number of esters is 1. The van der Waals surface area contributed by atoms with Gasteiger partial charge in [-0.05, 0) is 52.4 Å². The fourth-order valence-corrected chi connectivity index (χ4v) is 1.97. The molecule has 0 aromatic carbocycles. The molecule has 102 valence electrons. The first-order chi connectivity index (χ1) is 7.34. The predicted molar refractivity (Wildman–Crippen MR) is 75.0 cm³/mol.